The van der Waals surface area contributed by atoms with Crippen LogP contribution in [0.15, 0.2) is 30.9 Å². The third-order valence-electron chi connectivity index (χ3n) is 2.93. The van der Waals surface area contributed by atoms with Crippen molar-refractivity contribution in [3.8, 4) is 5.75 Å². The lowest BCUT2D eigenvalue weighted by Crippen LogP contribution is -2.02. The number of aliphatic hydroxyl groups is 1. The molecule has 0 unspecified atom stereocenters. The third-order valence-corrected chi connectivity index (χ3v) is 2.93. The summed E-state index contributed by atoms with van der Waals surface area (Å²) >= 11 is 0. The van der Waals surface area contributed by atoms with Gasteiger partial charge in [-0.25, -0.2) is 0 Å². The van der Waals surface area contributed by atoms with Crippen molar-refractivity contribution in [2.45, 2.75) is 45.6 Å². The Morgan fingerprint density at radius 2 is 2.11 bits per heavy atom. The average molecular weight is 248 g/mol. The van der Waals surface area contributed by atoms with Gasteiger partial charge in [-0.1, -0.05) is 18.2 Å². The number of aliphatic hydroxyl groups excluding tert-OH is 1. The van der Waals surface area contributed by atoms with Crippen LogP contribution in [0.4, 0.5) is 0 Å². The molecule has 100 valence electrons. The molecule has 1 rings (SSSR count). The Morgan fingerprint density at radius 1 is 1.33 bits per heavy atom. The number of hydrogen-bond acceptors (Lipinski definition) is 2. The molecule has 1 aromatic carbocycles. The fourth-order valence-electron chi connectivity index (χ4n) is 1.86. The van der Waals surface area contributed by atoms with E-state index in [4.69, 9.17) is 4.74 Å². The molecule has 0 bridgehead atoms. The largest absolute Gasteiger partial charge is 0.493 e. The van der Waals surface area contributed by atoms with Gasteiger partial charge in [0.1, 0.15) is 5.75 Å². The van der Waals surface area contributed by atoms with E-state index >= 15 is 0 Å². The highest BCUT2D eigenvalue weighted by Crippen LogP contribution is 2.26. The first-order chi connectivity index (χ1) is 8.65. The first-order valence-corrected chi connectivity index (χ1v) is 6.67. The summed E-state index contributed by atoms with van der Waals surface area (Å²) in [5.41, 5.74) is 2.02. The highest BCUT2D eigenvalue weighted by atomic mass is 16.5. The Bertz CT molecular complexity index is 369. The summed E-state index contributed by atoms with van der Waals surface area (Å²) in [6.07, 6.45) is 5.91. The summed E-state index contributed by atoms with van der Waals surface area (Å²) in [6, 6.07) is 5.93. The number of benzene rings is 1. The molecular weight excluding hydrogens is 224 g/mol. The Kier molecular flexibility index (Phi) is 6.51. The smallest absolute Gasteiger partial charge is 0.125 e. The van der Waals surface area contributed by atoms with Crippen LogP contribution in [-0.4, -0.2) is 11.7 Å². The third kappa shape index (κ3) is 4.92. The second-order valence-corrected chi connectivity index (χ2v) is 4.70. The molecule has 1 N–H and O–H groups in total. The van der Waals surface area contributed by atoms with Gasteiger partial charge < -0.3 is 9.84 Å². The van der Waals surface area contributed by atoms with E-state index in [0.717, 1.165) is 36.1 Å². The van der Waals surface area contributed by atoms with Crippen molar-refractivity contribution in [2.24, 2.45) is 0 Å². The summed E-state index contributed by atoms with van der Waals surface area (Å²) < 4.78 is 5.77. The molecule has 0 radical (unpaired) electrons. The number of aryl methyl sites for hydroxylation is 1. The molecule has 0 aromatic heterocycles. The maximum Gasteiger partial charge on any atom is 0.125 e. The summed E-state index contributed by atoms with van der Waals surface area (Å²) in [5, 5.41) is 9.68. The van der Waals surface area contributed by atoms with Crippen LogP contribution in [-0.2, 0) is 0 Å². The lowest BCUT2D eigenvalue weighted by Gasteiger charge is -2.14. The lowest BCUT2D eigenvalue weighted by atomic mass is 10.1. The molecule has 1 aromatic rings. The van der Waals surface area contributed by atoms with E-state index in [0.29, 0.717) is 6.61 Å². The molecule has 0 aliphatic rings. The minimum absolute atomic E-state index is 0.485. The molecule has 0 amide bonds. The Labute approximate surface area is 110 Å². The summed E-state index contributed by atoms with van der Waals surface area (Å²) in [4.78, 5) is 0. The van der Waals surface area contributed by atoms with Gasteiger partial charge in [0, 0.05) is 5.56 Å². The Balaban J connectivity index is 2.45. The van der Waals surface area contributed by atoms with Crippen LogP contribution in [0.1, 0.15) is 49.8 Å². The van der Waals surface area contributed by atoms with Crippen LogP contribution in [0.3, 0.4) is 0 Å². The number of hydrogen-bond donors (Lipinski definition) is 1. The molecule has 2 nitrogen and oxygen atoms in total. The van der Waals surface area contributed by atoms with E-state index in [1.807, 2.05) is 31.2 Å². The van der Waals surface area contributed by atoms with Crippen LogP contribution in [0.25, 0.3) is 0 Å². The van der Waals surface area contributed by atoms with Crippen molar-refractivity contribution < 1.29 is 9.84 Å². The molecule has 0 aliphatic carbocycles. The Hall–Kier alpha value is -1.28. The summed E-state index contributed by atoms with van der Waals surface area (Å²) in [6.45, 7) is 8.21. The molecule has 0 heterocycles. The van der Waals surface area contributed by atoms with E-state index in [1.165, 1.54) is 6.42 Å². The molecule has 0 saturated carbocycles. The van der Waals surface area contributed by atoms with Gasteiger partial charge in [0.2, 0.25) is 0 Å². The number of ether oxygens (including phenoxy) is 1. The van der Waals surface area contributed by atoms with E-state index in [2.05, 4.69) is 6.58 Å². The minimum Gasteiger partial charge on any atom is -0.493 e. The summed E-state index contributed by atoms with van der Waals surface area (Å²) in [7, 11) is 0. The highest BCUT2D eigenvalue weighted by Gasteiger charge is 2.08. The van der Waals surface area contributed by atoms with Crippen LogP contribution in [0, 0.1) is 6.92 Å². The van der Waals surface area contributed by atoms with Crippen molar-refractivity contribution in [1.29, 1.82) is 0 Å². The molecule has 0 spiro atoms. The van der Waals surface area contributed by atoms with Crippen LogP contribution in [0.5, 0.6) is 5.75 Å². The van der Waals surface area contributed by atoms with Gasteiger partial charge in [-0.2, -0.15) is 0 Å². The fraction of sp³-hybridized carbons (Fsp3) is 0.500. The predicted molar refractivity (Wildman–Crippen MR) is 76.0 cm³/mol. The maximum atomic E-state index is 9.68. The maximum absolute atomic E-state index is 9.68. The van der Waals surface area contributed by atoms with Gasteiger partial charge in [0.15, 0.2) is 0 Å². The quantitative estimate of drug-likeness (QED) is 0.552. The van der Waals surface area contributed by atoms with Crippen LogP contribution < -0.4 is 4.74 Å². The van der Waals surface area contributed by atoms with Gasteiger partial charge in [-0.05, 0) is 51.2 Å². The van der Waals surface area contributed by atoms with Crippen LogP contribution in [0.2, 0.25) is 0 Å². The Morgan fingerprint density at radius 3 is 2.78 bits per heavy atom. The van der Waals surface area contributed by atoms with Gasteiger partial charge in [-0.15, -0.1) is 6.58 Å². The number of unbranched alkanes of at least 4 members (excludes halogenated alkanes) is 3. The van der Waals surface area contributed by atoms with Gasteiger partial charge in [0.05, 0.1) is 12.7 Å². The highest BCUT2D eigenvalue weighted by molar-refractivity contribution is 5.38. The molecular formula is C16H24O2. The fourth-order valence-corrected chi connectivity index (χ4v) is 1.86. The molecule has 0 saturated heterocycles. The van der Waals surface area contributed by atoms with Crippen molar-refractivity contribution in [2.75, 3.05) is 6.61 Å². The second-order valence-electron chi connectivity index (χ2n) is 4.70. The van der Waals surface area contributed by atoms with Crippen molar-refractivity contribution in [1.82, 2.24) is 0 Å². The predicted octanol–water partition coefficient (Wildman–Crippen LogP) is 4.17. The van der Waals surface area contributed by atoms with Crippen LogP contribution >= 0.6 is 0 Å². The van der Waals surface area contributed by atoms with Crippen molar-refractivity contribution in [3.05, 3.63) is 42.0 Å². The molecule has 0 aliphatic heterocycles. The van der Waals surface area contributed by atoms with Crippen molar-refractivity contribution >= 4 is 0 Å². The zero-order valence-corrected chi connectivity index (χ0v) is 11.5. The average Bonchev–Trinajstić information content (AvgIpc) is 2.33. The number of allylic oxidation sites excluding steroid dienone is 1. The monoisotopic (exact) mass is 248 g/mol. The van der Waals surface area contributed by atoms with Gasteiger partial charge in [0.25, 0.3) is 0 Å². The normalized spacial score (nSPS) is 12.2. The molecule has 1 atom stereocenters. The van der Waals surface area contributed by atoms with Crippen molar-refractivity contribution in [3.63, 3.8) is 0 Å². The lowest BCUT2D eigenvalue weighted by molar-refractivity contribution is 0.190. The van der Waals surface area contributed by atoms with E-state index in [1.54, 1.807) is 6.92 Å². The minimum atomic E-state index is -0.485. The van der Waals surface area contributed by atoms with Gasteiger partial charge in [-0.3, -0.25) is 0 Å². The second kappa shape index (κ2) is 7.93. The standard InChI is InChI=1S/C16H24O2/c1-4-5-6-7-8-11-18-16-12-13(2)9-10-15(16)14(3)17/h4,9-10,12,14,17H,1,5-8,11H2,2-3H3/t14-/m1/s1. The van der Waals surface area contributed by atoms with E-state index in [-0.39, 0.29) is 0 Å². The molecule has 18 heavy (non-hydrogen) atoms. The zero-order chi connectivity index (χ0) is 13.4. The van der Waals surface area contributed by atoms with E-state index in [9.17, 15) is 5.11 Å². The first-order valence-electron chi connectivity index (χ1n) is 6.67. The zero-order valence-electron chi connectivity index (χ0n) is 11.5. The first kappa shape index (κ1) is 14.8. The molecule has 0 fully saturated rings. The van der Waals surface area contributed by atoms with E-state index < -0.39 is 6.10 Å². The summed E-state index contributed by atoms with van der Waals surface area (Å²) in [5.74, 6) is 0.814. The molecule has 2 heteroatoms. The SMILES string of the molecule is C=CCCCCCOc1cc(C)ccc1[C@@H](C)O. The number of rotatable bonds is 8. The topological polar surface area (TPSA) is 29.5 Å². The van der Waals surface area contributed by atoms with Gasteiger partial charge >= 0.3 is 0 Å².